The highest BCUT2D eigenvalue weighted by molar-refractivity contribution is 5.93. The third-order valence-electron chi connectivity index (χ3n) is 3.62. The van der Waals surface area contributed by atoms with Crippen molar-refractivity contribution in [3.05, 3.63) is 53.9 Å². The molecule has 0 bridgehead atoms. The van der Waals surface area contributed by atoms with Gasteiger partial charge in [0.15, 0.2) is 11.5 Å². The van der Waals surface area contributed by atoms with Crippen LogP contribution in [-0.4, -0.2) is 29.1 Å². The Labute approximate surface area is 144 Å². The summed E-state index contributed by atoms with van der Waals surface area (Å²) in [5, 5.41) is 8.49. The highest BCUT2D eigenvalue weighted by Gasteiger charge is 2.21. The van der Waals surface area contributed by atoms with Crippen molar-refractivity contribution < 1.29 is 14.3 Å². The first kappa shape index (κ1) is 16.6. The van der Waals surface area contributed by atoms with Crippen LogP contribution in [0, 0.1) is 6.92 Å². The Balaban J connectivity index is 2.07. The van der Waals surface area contributed by atoms with Crippen LogP contribution >= 0.6 is 0 Å². The molecule has 0 fully saturated rings. The van der Waals surface area contributed by atoms with E-state index in [0.29, 0.717) is 17.2 Å². The van der Waals surface area contributed by atoms with Crippen LogP contribution in [0.15, 0.2) is 52.7 Å². The smallest absolute Gasteiger partial charge is 0.360 e. The van der Waals surface area contributed by atoms with Gasteiger partial charge in [0.2, 0.25) is 0 Å². The number of imidazole rings is 1. The van der Waals surface area contributed by atoms with E-state index in [1.165, 1.54) is 0 Å². The minimum atomic E-state index is -0.519. The number of methoxy groups -OCH3 is 1. The highest BCUT2D eigenvalue weighted by atomic mass is 16.5. The lowest BCUT2D eigenvalue weighted by Crippen LogP contribution is -2.05. The number of pyridine rings is 1. The highest BCUT2D eigenvalue weighted by Crippen LogP contribution is 2.27. The first-order valence-corrected chi connectivity index (χ1v) is 7.85. The standard InChI is InChI=1S/C18H18N4O3/c1-4-25-18(23)16-17(22-12(2)6-5-7-15(22)19-16)21-20-13-8-10-14(24-3)11-9-13/h5-11H,4H2,1-3H3. The van der Waals surface area contributed by atoms with E-state index in [9.17, 15) is 4.79 Å². The predicted octanol–water partition coefficient (Wildman–Crippen LogP) is 4.24. The minimum Gasteiger partial charge on any atom is -0.497 e. The molecule has 0 amide bonds. The third kappa shape index (κ3) is 3.35. The molecule has 1 aromatic carbocycles. The lowest BCUT2D eigenvalue weighted by molar-refractivity contribution is 0.0521. The maximum absolute atomic E-state index is 12.2. The number of hydrogen-bond acceptors (Lipinski definition) is 6. The Morgan fingerprint density at radius 2 is 1.92 bits per heavy atom. The zero-order valence-corrected chi connectivity index (χ0v) is 14.3. The Morgan fingerprint density at radius 3 is 2.60 bits per heavy atom. The van der Waals surface area contributed by atoms with E-state index in [-0.39, 0.29) is 12.3 Å². The number of benzene rings is 1. The summed E-state index contributed by atoms with van der Waals surface area (Å²) in [6.07, 6.45) is 0. The number of azo groups is 1. The number of carbonyl (C=O) groups is 1. The Hall–Kier alpha value is -3.22. The number of carbonyl (C=O) groups excluding carboxylic acids is 1. The molecule has 0 unspecified atom stereocenters. The van der Waals surface area contributed by atoms with Crippen molar-refractivity contribution in [2.24, 2.45) is 10.2 Å². The summed E-state index contributed by atoms with van der Waals surface area (Å²) < 4.78 is 12.0. The molecule has 25 heavy (non-hydrogen) atoms. The van der Waals surface area contributed by atoms with Crippen LogP contribution < -0.4 is 4.74 Å². The van der Waals surface area contributed by atoms with Crippen molar-refractivity contribution in [2.45, 2.75) is 13.8 Å². The Bertz CT molecular complexity index is 929. The van der Waals surface area contributed by atoms with E-state index < -0.39 is 5.97 Å². The molecule has 0 saturated heterocycles. The third-order valence-corrected chi connectivity index (χ3v) is 3.62. The molecule has 0 aliphatic carbocycles. The van der Waals surface area contributed by atoms with Gasteiger partial charge in [-0.1, -0.05) is 6.07 Å². The van der Waals surface area contributed by atoms with Gasteiger partial charge in [-0.25, -0.2) is 9.78 Å². The van der Waals surface area contributed by atoms with Crippen molar-refractivity contribution >= 4 is 23.1 Å². The number of aromatic nitrogens is 2. The fourth-order valence-electron chi connectivity index (χ4n) is 2.42. The van der Waals surface area contributed by atoms with Crippen LogP contribution in [0.2, 0.25) is 0 Å². The molecule has 7 heteroatoms. The molecule has 0 aliphatic heterocycles. The quantitative estimate of drug-likeness (QED) is 0.515. The molecule has 3 aromatic rings. The van der Waals surface area contributed by atoms with Crippen LogP contribution in [-0.2, 0) is 4.74 Å². The number of aryl methyl sites for hydroxylation is 1. The summed E-state index contributed by atoms with van der Waals surface area (Å²) in [4.78, 5) is 16.6. The maximum Gasteiger partial charge on any atom is 0.360 e. The van der Waals surface area contributed by atoms with Crippen molar-refractivity contribution in [3.8, 4) is 5.75 Å². The Kier molecular flexibility index (Phi) is 4.74. The van der Waals surface area contributed by atoms with Gasteiger partial charge in [0.05, 0.1) is 19.4 Å². The lowest BCUT2D eigenvalue weighted by atomic mass is 10.3. The molecule has 7 nitrogen and oxygen atoms in total. The average Bonchev–Trinajstić information content (AvgIpc) is 3.01. The summed E-state index contributed by atoms with van der Waals surface area (Å²) in [7, 11) is 1.60. The largest absolute Gasteiger partial charge is 0.497 e. The molecule has 128 valence electrons. The second kappa shape index (κ2) is 7.12. The van der Waals surface area contributed by atoms with E-state index in [4.69, 9.17) is 9.47 Å². The topological polar surface area (TPSA) is 77.5 Å². The van der Waals surface area contributed by atoms with Gasteiger partial charge in [0.1, 0.15) is 11.4 Å². The van der Waals surface area contributed by atoms with Crippen LogP contribution in [0.4, 0.5) is 11.5 Å². The summed E-state index contributed by atoms with van der Waals surface area (Å²) in [6, 6.07) is 12.7. The van der Waals surface area contributed by atoms with E-state index in [2.05, 4.69) is 15.2 Å². The lowest BCUT2D eigenvalue weighted by Gasteiger charge is -2.02. The Morgan fingerprint density at radius 1 is 1.16 bits per heavy atom. The number of ether oxygens (including phenoxy) is 2. The van der Waals surface area contributed by atoms with Crippen molar-refractivity contribution in [3.63, 3.8) is 0 Å². The second-order valence-electron chi connectivity index (χ2n) is 5.26. The van der Waals surface area contributed by atoms with Crippen LogP contribution in [0.5, 0.6) is 5.75 Å². The fraction of sp³-hybridized carbons (Fsp3) is 0.222. The normalized spacial score (nSPS) is 11.2. The molecule has 2 heterocycles. The van der Waals surface area contributed by atoms with E-state index in [0.717, 1.165) is 11.4 Å². The fourth-order valence-corrected chi connectivity index (χ4v) is 2.42. The van der Waals surface area contributed by atoms with Crippen LogP contribution in [0.1, 0.15) is 23.1 Å². The zero-order valence-electron chi connectivity index (χ0n) is 14.3. The molecule has 3 rings (SSSR count). The number of hydrogen-bond donors (Lipinski definition) is 0. The van der Waals surface area contributed by atoms with E-state index in [1.807, 2.05) is 25.1 Å². The molecule has 2 aromatic heterocycles. The molecule has 0 atom stereocenters. The molecule has 0 radical (unpaired) electrons. The molecule has 0 saturated carbocycles. The van der Waals surface area contributed by atoms with Gasteiger partial charge in [-0.15, -0.1) is 10.2 Å². The zero-order chi connectivity index (χ0) is 17.8. The van der Waals surface area contributed by atoms with Gasteiger partial charge in [-0.3, -0.25) is 4.40 Å². The maximum atomic E-state index is 12.2. The molecular weight excluding hydrogens is 320 g/mol. The SMILES string of the molecule is CCOC(=O)c1nc2cccc(C)n2c1N=Nc1ccc(OC)cc1. The van der Waals surface area contributed by atoms with Crippen LogP contribution in [0.25, 0.3) is 5.65 Å². The monoisotopic (exact) mass is 338 g/mol. The summed E-state index contributed by atoms with van der Waals surface area (Å²) >= 11 is 0. The van der Waals surface area contributed by atoms with Gasteiger partial charge in [0, 0.05) is 5.69 Å². The van der Waals surface area contributed by atoms with Gasteiger partial charge in [-0.2, -0.15) is 0 Å². The number of rotatable bonds is 5. The summed E-state index contributed by atoms with van der Waals surface area (Å²) in [5.41, 5.74) is 2.29. The summed E-state index contributed by atoms with van der Waals surface area (Å²) in [6.45, 7) is 3.92. The predicted molar refractivity (Wildman–Crippen MR) is 93.1 cm³/mol. The van der Waals surface area contributed by atoms with Gasteiger partial charge < -0.3 is 9.47 Å². The van der Waals surface area contributed by atoms with Gasteiger partial charge >= 0.3 is 5.97 Å². The number of esters is 1. The first-order valence-electron chi connectivity index (χ1n) is 7.85. The van der Waals surface area contributed by atoms with E-state index >= 15 is 0 Å². The summed E-state index contributed by atoms with van der Waals surface area (Å²) in [5.74, 6) is 0.563. The molecule has 0 spiro atoms. The minimum absolute atomic E-state index is 0.147. The van der Waals surface area contributed by atoms with Crippen molar-refractivity contribution in [1.29, 1.82) is 0 Å². The molecular formula is C18H18N4O3. The average molecular weight is 338 g/mol. The van der Waals surface area contributed by atoms with Crippen molar-refractivity contribution in [1.82, 2.24) is 9.38 Å². The van der Waals surface area contributed by atoms with Crippen molar-refractivity contribution in [2.75, 3.05) is 13.7 Å². The van der Waals surface area contributed by atoms with E-state index in [1.54, 1.807) is 42.7 Å². The first-order chi connectivity index (χ1) is 12.1. The van der Waals surface area contributed by atoms with Crippen LogP contribution in [0.3, 0.4) is 0 Å². The molecule has 0 N–H and O–H groups in total. The van der Waals surface area contributed by atoms with Gasteiger partial charge in [0.25, 0.3) is 0 Å². The number of nitrogens with zero attached hydrogens (tertiary/aromatic N) is 4. The number of fused-ring (bicyclic) bond motifs is 1. The molecule has 0 aliphatic rings. The van der Waals surface area contributed by atoms with Gasteiger partial charge in [-0.05, 0) is 50.2 Å². The second-order valence-corrected chi connectivity index (χ2v) is 5.26.